The lowest BCUT2D eigenvalue weighted by molar-refractivity contribution is 0.0212. The van der Waals surface area contributed by atoms with E-state index in [1.54, 1.807) is 13.8 Å². The van der Waals surface area contributed by atoms with Crippen molar-refractivity contribution in [2.75, 3.05) is 12.3 Å². The highest BCUT2D eigenvalue weighted by Crippen LogP contribution is 2.32. The van der Waals surface area contributed by atoms with Crippen LogP contribution in [-0.2, 0) is 9.47 Å². The Bertz CT molecular complexity index is 532. The van der Waals surface area contributed by atoms with E-state index in [-0.39, 0.29) is 12.7 Å². The first-order valence-electron chi connectivity index (χ1n) is 7.31. The zero-order valence-electron chi connectivity index (χ0n) is 12.4. The molecule has 21 heavy (non-hydrogen) atoms. The number of anilines is 1. The first-order chi connectivity index (χ1) is 10.0. The number of hydrogen-bond acceptors (Lipinski definition) is 6. The van der Waals surface area contributed by atoms with Crippen molar-refractivity contribution in [3.63, 3.8) is 0 Å². The predicted octanol–water partition coefficient (Wildman–Crippen LogP) is 3.30. The van der Waals surface area contributed by atoms with Crippen LogP contribution in [0.25, 0.3) is 0 Å². The first kappa shape index (κ1) is 15.8. The van der Waals surface area contributed by atoms with Crippen molar-refractivity contribution in [1.82, 2.24) is 0 Å². The molecule has 1 aliphatic rings. The molecule has 2 rings (SSSR count). The van der Waals surface area contributed by atoms with E-state index in [0.717, 1.165) is 37.0 Å². The molecule has 116 valence electrons. The van der Waals surface area contributed by atoms with Crippen LogP contribution in [0.1, 0.15) is 64.6 Å². The average molecular weight is 311 g/mol. The maximum absolute atomic E-state index is 12.3. The lowest BCUT2D eigenvalue weighted by atomic mass is 9.98. The third-order valence-electron chi connectivity index (χ3n) is 3.66. The minimum Gasteiger partial charge on any atom is -0.462 e. The molecular formula is C15H21NO4S. The summed E-state index contributed by atoms with van der Waals surface area (Å²) in [6, 6.07) is 0. The van der Waals surface area contributed by atoms with Gasteiger partial charge in [-0.25, -0.2) is 9.59 Å². The maximum atomic E-state index is 12.3. The number of carbonyl (C=O) groups excluding carboxylic acids is 2. The van der Waals surface area contributed by atoms with Crippen LogP contribution in [0.2, 0.25) is 0 Å². The summed E-state index contributed by atoms with van der Waals surface area (Å²) in [5.41, 5.74) is 6.76. The van der Waals surface area contributed by atoms with Crippen LogP contribution < -0.4 is 5.73 Å². The zero-order chi connectivity index (χ0) is 15.4. The number of nitrogen functional groups attached to an aromatic ring is 1. The van der Waals surface area contributed by atoms with Crippen LogP contribution in [0.4, 0.5) is 5.00 Å². The summed E-state index contributed by atoms with van der Waals surface area (Å²) < 4.78 is 10.5. The molecule has 0 bridgehead atoms. The Morgan fingerprint density at radius 2 is 1.90 bits per heavy atom. The quantitative estimate of drug-likeness (QED) is 0.863. The van der Waals surface area contributed by atoms with Crippen molar-refractivity contribution in [2.45, 2.75) is 52.1 Å². The summed E-state index contributed by atoms with van der Waals surface area (Å²) in [6.07, 6.45) is 5.14. The Balaban J connectivity index is 2.15. The third kappa shape index (κ3) is 3.56. The summed E-state index contributed by atoms with van der Waals surface area (Å²) in [5.74, 6) is -0.868. The Labute approximate surface area is 128 Å². The lowest BCUT2D eigenvalue weighted by Crippen LogP contribution is -2.21. The second kappa shape index (κ2) is 6.93. The van der Waals surface area contributed by atoms with E-state index >= 15 is 0 Å². The fourth-order valence-corrected chi connectivity index (χ4v) is 3.53. The van der Waals surface area contributed by atoms with Crippen LogP contribution in [0.3, 0.4) is 0 Å². The monoisotopic (exact) mass is 311 g/mol. The summed E-state index contributed by atoms with van der Waals surface area (Å²) >= 11 is 1.08. The maximum Gasteiger partial charge on any atom is 0.348 e. The van der Waals surface area contributed by atoms with Gasteiger partial charge in [0, 0.05) is 0 Å². The highest BCUT2D eigenvalue weighted by molar-refractivity contribution is 7.18. The van der Waals surface area contributed by atoms with Crippen LogP contribution in [0.5, 0.6) is 0 Å². The summed E-state index contributed by atoms with van der Waals surface area (Å²) in [6.45, 7) is 3.73. The molecule has 1 heterocycles. The molecule has 2 N–H and O–H groups in total. The van der Waals surface area contributed by atoms with Gasteiger partial charge in [0.25, 0.3) is 0 Å². The number of rotatable bonds is 4. The van der Waals surface area contributed by atoms with Gasteiger partial charge in [0.2, 0.25) is 0 Å². The van der Waals surface area contributed by atoms with Crippen LogP contribution >= 0.6 is 11.3 Å². The third-order valence-corrected chi connectivity index (χ3v) is 4.77. The number of nitrogens with two attached hydrogens (primary N) is 1. The number of carbonyl (C=O) groups is 2. The molecule has 1 saturated carbocycles. The fraction of sp³-hybridized carbons (Fsp3) is 0.600. The van der Waals surface area contributed by atoms with Gasteiger partial charge < -0.3 is 15.2 Å². The van der Waals surface area contributed by atoms with Crippen molar-refractivity contribution >= 4 is 28.3 Å². The summed E-state index contributed by atoms with van der Waals surface area (Å²) in [5, 5.41) is 0.316. The van der Waals surface area contributed by atoms with Crippen LogP contribution in [0, 0.1) is 6.92 Å². The van der Waals surface area contributed by atoms with Gasteiger partial charge >= 0.3 is 11.9 Å². The Morgan fingerprint density at radius 1 is 1.24 bits per heavy atom. The van der Waals surface area contributed by atoms with Gasteiger partial charge in [-0.1, -0.05) is 6.42 Å². The molecule has 5 nitrogen and oxygen atoms in total. The van der Waals surface area contributed by atoms with E-state index in [9.17, 15) is 9.59 Å². The van der Waals surface area contributed by atoms with Crippen molar-refractivity contribution in [3.8, 4) is 0 Å². The molecule has 0 atom stereocenters. The topological polar surface area (TPSA) is 78.6 Å². The lowest BCUT2D eigenvalue weighted by Gasteiger charge is -2.21. The van der Waals surface area contributed by atoms with E-state index in [1.165, 1.54) is 6.42 Å². The Morgan fingerprint density at radius 3 is 2.52 bits per heavy atom. The second-order valence-electron chi connectivity index (χ2n) is 5.18. The van der Waals surface area contributed by atoms with Gasteiger partial charge in [-0.2, -0.15) is 0 Å². The number of hydrogen-bond donors (Lipinski definition) is 1. The summed E-state index contributed by atoms with van der Waals surface area (Å²) in [7, 11) is 0. The Kier molecular flexibility index (Phi) is 5.22. The average Bonchev–Trinajstić information content (AvgIpc) is 2.75. The predicted molar refractivity (Wildman–Crippen MR) is 81.7 cm³/mol. The van der Waals surface area contributed by atoms with Gasteiger partial charge in [0.05, 0.1) is 12.2 Å². The number of esters is 2. The number of thiophene rings is 1. The minimum absolute atomic E-state index is 0.0315. The highest BCUT2D eigenvalue weighted by atomic mass is 32.1. The highest BCUT2D eigenvalue weighted by Gasteiger charge is 2.27. The van der Waals surface area contributed by atoms with Crippen molar-refractivity contribution in [1.29, 1.82) is 0 Å². The molecule has 1 aliphatic carbocycles. The second-order valence-corrected chi connectivity index (χ2v) is 6.23. The summed E-state index contributed by atoms with van der Waals surface area (Å²) in [4.78, 5) is 24.5. The van der Waals surface area contributed by atoms with Crippen LogP contribution in [0.15, 0.2) is 0 Å². The largest absolute Gasteiger partial charge is 0.462 e. The van der Waals surface area contributed by atoms with Gasteiger partial charge in [0.1, 0.15) is 16.0 Å². The smallest absolute Gasteiger partial charge is 0.348 e. The molecule has 0 radical (unpaired) electrons. The van der Waals surface area contributed by atoms with Gasteiger partial charge in [0.15, 0.2) is 0 Å². The van der Waals surface area contributed by atoms with E-state index < -0.39 is 11.9 Å². The molecular weight excluding hydrogens is 290 g/mol. The first-order valence-corrected chi connectivity index (χ1v) is 8.13. The molecule has 1 fully saturated rings. The van der Waals surface area contributed by atoms with E-state index in [0.29, 0.717) is 21.0 Å². The fourth-order valence-electron chi connectivity index (χ4n) is 2.57. The molecule has 0 spiro atoms. The Hall–Kier alpha value is -1.56. The minimum atomic E-state index is -0.441. The molecule has 0 aliphatic heterocycles. The molecule has 1 aromatic heterocycles. The van der Waals surface area contributed by atoms with Gasteiger partial charge in [-0.05, 0) is 45.1 Å². The molecule has 0 amide bonds. The molecule has 0 aromatic carbocycles. The van der Waals surface area contributed by atoms with Gasteiger partial charge in [-0.15, -0.1) is 11.3 Å². The number of ether oxygens (including phenoxy) is 2. The van der Waals surface area contributed by atoms with Crippen molar-refractivity contribution in [3.05, 3.63) is 16.0 Å². The molecule has 0 unspecified atom stereocenters. The van der Waals surface area contributed by atoms with Crippen molar-refractivity contribution < 1.29 is 19.1 Å². The standard InChI is InChI=1S/C15H21NO4S/c1-3-19-15(18)12-9(2)11(13(16)21-12)14(17)20-10-7-5-4-6-8-10/h10H,3-8,16H2,1-2H3. The zero-order valence-corrected chi connectivity index (χ0v) is 13.3. The van der Waals surface area contributed by atoms with E-state index in [1.807, 2.05) is 0 Å². The van der Waals surface area contributed by atoms with Gasteiger partial charge in [-0.3, -0.25) is 0 Å². The van der Waals surface area contributed by atoms with E-state index in [2.05, 4.69) is 0 Å². The SMILES string of the molecule is CCOC(=O)c1sc(N)c(C(=O)OC2CCCCC2)c1C. The normalized spacial score (nSPS) is 15.7. The van der Waals surface area contributed by atoms with E-state index in [4.69, 9.17) is 15.2 Å². The molecule has 6 heteroatoms. The van der Waals surface area contributed by atoms with Crippen LogP contribution in [-0.4, -0.2) is 24.6 Å². The van der Waals surface area contributed by atoms with Crippen molar-refractivity contribution in [2.24, 2.45) is 0 Å². The molecule has 1 aromatic rings. The molecule has 0 saturated heterocycles.